The molecule has 0 aliphatic carbocycles. The summed E-state index contributed by atoms with van der Waals surface area (Å²) in [5.74, 6) is -0.0541. The molecule has 0 spiro atoms. The summed E-state index contributed by atoms with van der Waals surface area (Å²) in [6.07, 6.45) is 0. The van der Waals surface area contributed by atoms with Crippen molar-refractivity contribution in [1.29, 1.82) is 0 Å². The van der Waals surface area contributed by atoms with E-state index < -0.39 is 25.2 Å². The van der Waals surface area contributed by atoms with E-state index >= 15 is 0 Å². The van der Waals surface area contributed by atoms with Crippen LogP contribution in [-0.4, -0.2) is 21.9 Å². The highest BCUT2D eigenvalue weighted by molar-refractivity contribution is 7.94. The molecule has 0 amide bonds. The molecule has 0 fully saturated rings. The Morgan fingerprint density at radius 1 is 0.690 bits per heavy atom. The second-order valence-electron chi connectivity index (χ2n) is 6.76. The van der Waals surface area contributed by atoms with Crippen molar-refractivity contribution in [3.63, 3.8) is 0 Å². The minimum absolute atomic E-state index is 0.00668. The summed E-state index contributed by atoms with van der Waals surface area (Å²) in [5.41, 5.74) is 1.95. The molecule has 3 rings (SSSR count). The third-order valence-corrected chi connectivity index (χ3v) is 7.98. The van der Waals surface area contributed by atoms with E-state index in [4.69, 9.17) is 0 Å². The van der Waals surface area contributed by atoms with Crippen LogP contribution in [0.5, 0.6) is 5.75 Å². The molecule has 3 aromatic rings. The fraction of sp³-hybridized carbons (Fsp3) is 0.143. The van der Waals surface area contributed by atoms with E-state index in [1.54, 1.807) is 24.3 Å². The van der Waals surface area contributed by atoms with Crippen LogP contribution in [0.25, 0.3) is 0 Å². The number of aromatic hydroxyl groups is 1. The normalized spacial score (nSPS) is 13.2. The molecule has 0 bridgehead atoms. The summed E-state index contributed by atoms with van der Waals surface area (Å²) in [6.45, 7) is 3.65. The maximum atomic E-state index is 13.3. The van der Waals surface area contributed by atoms with Gasteiger partial charge in [0.1, 0.15) is 5.75 Å². The summed E-state index contributed by atoms with van der Waals surface area (Å²) in [5, 5.41) is 7.98. The molecular weight excluding hydrogens is 410 g/mol. The molecule has 1 unspecified atom stereocenters. The topological polar surface area (TPSA) is 101 Å². The second kappa shape index (κ2) is 7.98. The van der Waals surface area contributed by atoms with Crippen LogP contribution in [0, 0.1) is 13.8 Å². The summed E-state index contributed by atoms with van der Waals surface area (Å²) in [6, 6.07) is 17.7. The fourth-order valence-corrected chi connectivity index (χ4v) is 5.99. The summed E-state index contributed by atoms with van der Waals surface area (Å²) < 4.78 is 54.7. The van der Waals surface area contributed by atoms with Crippen molar-refractivity contribution < 1.29 is 21.9 Å². The van der Waals surface area contributed by atoms with Gasteiger partial charge in [0.2, 0.25) is 10.0 Å². The number of benzene rings is 3. The smallest absolute Gasteiger partial charge is 0.242 e. The van der Waals surface area contributed by atoms with E-state index in [0.717, 1.165) is 11.1 Å². The van der Waals surface area contributed by atoms with Gasteiger partial charge in [0.15, 0.2) is 15.2 Å². The van der Waals surface area contributed by atoms with E-state index in [9.17, 15) is 21.9 Å². The lowest BCUT2D eigenvalue weighted by Crippen LogP contribution is -2.34. The predicted molar refractivity (Wildman–Crippen MR) is 111 cm³/mol. The van der Waals surface area contributed by atoms with Gasteiger partial charge in [-0.25, -0.2) is 16.8 Å². The molecule has 0 radical (unpaired) electrons. The number of sulfonamides is 1. The number of phenolic OH excluding ortho intramolecular Hbond substituents is 1. The van der Waals surface area contributed by atoms with Crippen molar-refractivity contribution in [2.24, 2.45) is 0 Å². The van der Waals surface area contributed by atoms with Gasteiger partial charge in [0, 0.05) is 0 Å². The Balaban J connectivity index is 2.09. The Bertz CT molecular complexity index is 1200. The zero-order valence-electron chi connectivity index (χ0n) is 15.9. The monoisotopic (exact) mass is 431 g/mol. The number of hydrogen-bond donors (Lipinski definition) is 2. The zero-order chi connectivity index (χ0) is 21.2. The maximum Gasteiger partial charge on any atom is 0.242 e. The van der Waals surface area contributed by atoms with Gasteiger partial charge in [-0.2, -0.15) is 4.72 Å². The van der Waals surface area contributed by atoms with Gasteiger partial charge in [0.25, 0.3) is 0 Å². The van der Waals surface area contributed by atoms with Crippen molar-refractivity contribution in [2.75, 3.05) is 0 Å². The molecule has 29 heavy (non-hydrogen) atoms. The molecule has 6 nitrogen and oxygen atoms in total. The minimum Gasteiger partial charge on any atom is -0.508 e. The zero-order valence-corrected chi connectivity index (χ0v) is 17.5. The Labute approximate surface area is 170 Å². The molecule has 3 aromatic carbocycles. The van der Waals surface area contributed by atoms with Gasteiger partial charge >= 0.3 is 0 Å². The molecule has 0 aliphatic rings. The van der Waals surface area contributed by atoms with Crippen molar-refractivity contribution in [3.05, 3.63) is 89.5 Å². The van der Waals surface area contributed by atoms with Crippen LogP contribution < -0.4 is 4.72 Å². The average Bonchev–Trinajstić information content (AvgIpc) is 2.67. The molecule has 0 saturated heterocycles. The average molecular weight is 432 g/mol. The summed E-state index contributed by atoms with van der Waals surface area (Å²) in [7, 11) is -8.23. The van der Waals surface area contributed by atoms with Gasteiger partial charge in [-0.15, -0.1) is 0 Å². The molecule has 0 heterocycles. The molecule has 8 heteroatoms. The van der Waals surface area contributed by atoms with Crippen LogP contribution in [0.4, 0.5) is 0 Å². The summed E-state index contributed by atoms with van der Waals surface area (Å²) >= 11 is 0. The van der Waals surface area contributed by atoms with E-state index in [2.05, 4.69) is 4.72 Å². The second-order valence-corrected chi connectivity index (χ2v) is 10.5. The Hall–Kier alpha value is -2.68. The van der Waals surface area contributed by atoms with Crippen molar-refractivity contribution >= 4 is 19.9 Å². The fourth-order valence-electron chi connectivity index (χ4n) is 2.75. The number of phenols is 1. The lowest BCUT2D eigenvalue weighted by atomic mass is 10.2. The first kappa shape index (κ1) is 21.0. The van der Waals surface area contributed by atoms with Crippen molar-refractivity contribution in [3.8, 4) is 5.75 Å². The largest absolute Gasteiger partial charge is 0.508 e. The predicted octanol–water partition coefficient (Wildman–Crippen LogP) is 3.46. The number of rotatable bonds is 6. The third kappa shape index (κ3) is 4.67. The highest BCUT2D eigenvalue weighted by Gasteiger charge is 2.33. The van der Waals surface area contributed by atoms with Gasteiger partial charge < -0.3 is 5.11 Å². The molecule has 1 atom stereocenters. The molecule has 0 aliphatic heterocycles. The highest BCUT2D eigenvalue weighted by Crippen LogP contribution is 2.30. The van der Waals surface area contributed by atoms with E-state index in [1.165, 1.54) is 48.5 Å². The number of nitrogens with one attached hydrogen (secondary N) is 1. The quantitative estimate of drug-likeness (QED) is 0.623. The van der Waals surface area contributed by atoms with Crippen LogP contribution in [-0.2, 0) is 19.9 Å². The molecule has 0 aromatic heterocycles. The lowest BCUT2D eigenvalue weighted by molar-refractivity contribution is 0.475. The van der Waals surface area contributed by atoms with Crippen LogP contribution in [0.1, 0.15) is 22.1 Å². The molecule has 0 saturated carbocycles. The van der Waals surface area contributed by atoms with Crippen LogP contribution >= 0.6 is 0 Å². The van der Waals surface area contributed by atoms with Crippen molar-refractivity contribution in [2.45, 2.75) is 29.0 Å². The molecule has 152 valence electrons. The Morgan fingerprint density at radius 3 is 1.62 bits per heavy atom. The first-order chi connectivity index (χ1) is 13.6. The SMILES string of the molecule is Cc1ccc(S(=O)(=O)NC(c2ccc(O)cc2)S(=O)(=O)c2ccc(C)cc2)cc1. The van der Waals surface area contributed by atoms with Gasteiger partial charge in [-0.3, -0.25) is 0 Å². The third-order valence-electron chi connectivity index (χ3n) is 4.45. The van der Waals surface area contributed by atoms with E-state index in [1.807, 2.05) is 13.8 Å². The van der Waals surface area contributed by atoms with E-state index in [-0.39, 0.29) is 21.1 Å². The number of aryl methyl sites for hydroxylation is 2. The Kier molecular flexibility index (Phi) is 5.79. The first-order valence-electron chi connectivity index (χ1n) is 8.78. The molecule has 2 N–H and O–H groups in total. The number of sulfone groups is 1. The summed E-state index contributed by atoms with van der Waals surface area (Å²) in [4.78, 5) is -0.0428. The van der Waals surface area contributed by atoms with Crippen LogP contribution in [0.3, 0.4) is 0 Å². The van der Waals surface area contributed by atoms with E-state index in [0.29, 0.717) is 0 Å². The van der Waals surface area contributed by atoms with Crippen LogP contribution in [0.2, 0.25) is 0 Å². The van der Waals surface area contributed by atoms with Gasteiger partial charge in [-0.1, -0.05) is 47.5 Å². The molecular formula is C21H21NO5S2. The minimum atomic E-state index is -4.13. The van der Waals surface area contributed by atoms with Gasteiger partial charge in [0.05, 0.1) is 9.79 Å². The maximum absolute atomic E-state index is 13.3. The number of hydrogen-bond acceptors (Lipinski definition) is 5. The van der Waals surface area contributed by atoms with Crippen LogP contribution in [0.15, 0.2) is 82.6 Å². The lowest BCUT2D eigenvalue weighted by Gasteiger charge is -2.20. The highest BCUT2D eigenvalue weighted by atomic mass is 32.2. The standard InChI is InChI=1S/C21H21NO5S2/c1-15-3-11-19(12-4-15)28(24,25)21(17-7-9-18(23)10-8-17)22-29(26,27)20-13-5-16(2)6-14-20/h3-14,21-23H,1-2H3. The Morgan fingerprint density at radius 2 is 1.14 bits per heavy atom. The van der Waals surface area contributed by atoms with Gasteiger partial charge in [-0.05, 0) is 55.8 Å². The van der Waals surface area contributed by atoms with Crippen molar-refractivity contribution in [1.82, 2.24) is 4.72 Å². The first-order valence-corrected chi connectivity index (χ1v) is 11.8.